The Morgan fingerprint density at radius 2 is 2.12 bits per heavy atom. The monoisotopic (exact) mass is 238 g/mol. The number of nitrogens with one attached hydrogen (secondary N) is 1. The quantitative estimate of drug-likeness (QED) is 0.745. The number of piperidine rings is 2. The highest BCUT2D eigenvalue weighted by molar-refractivity contribution is 5.84. The zero-order valence-corrected chi connectivity index (χ0v) is 10.7. The Labute approximate surface area is 103 Å². The second kappa shape index (κ2) is 5.07. The largest absolute Gasteiger partial charge is 0.355 e. The minimum absolute atomic E-state index is 0.000417. The topological polar surface area (TPSA) is 49.4 Å². The average molecular weight is 238 g/mol. The molecule has 0 aromatic heterocycles. The molecule has 3 atom stereocenters. The molecule has 0 aliphatic carbocycles. The molecule has 4 heteroatoms. The van der Waals surface area contributed by atoms with Gasteiger partial charge in [0.05, 0.1) is 5.92 Å². The van der Waals surface area contributed by atoms with Gasteiger partial charge in [-0.05, 0) is 32.1 Å². The fourth-order valence-corrected chi connectivity index (χ4v) is 2.82. The lowest BCUT2D eigenvalue weighted by Gasteiger charge is -2.40. The highest BCUT2D eigenvalue weighted by Gasteiger charge is 2.33. The van der Waals surface area contributed by atoms with Gasteiger partial charge in [-0.25, -0.2) is 0 Å². The van der Waals surface area contributed by atoms with Crippen molar-refractivity contribution in [3.63, 3.8) is 0 Å². The number of likely N-dealkylation sites (tertiary alicyclic amines) is 1. The SMILES string of the molecule is CC1CCCN(C(=O)C2CCC(=O)NC2)C1C. The van der Waals surface area contributed by atoms with E-state index in [2.05, 4.69) is 19.2 Å². The lowest BCUT2D eigenvalue weighted by Crippen LogP contribution is -2.51. The summed E-state index contributed by atoms with van der Waals surface area (Å²) in [6.45, 7) is 5.76. The number of carbonyl (C=O) groups is 2. The molecule has 2 fully saturated rings. The van der Waals surface area contributed by atoms with Crippen LogP contribution in [-0.4, -0.2) is 35.8 Å². The molecule has 2 heterocycles. The molecule has 0 aromatic carbocycles. The Hall–Kier alpha value is -1.06. The molecule has 0 radical (unpaired) electrons. The van der Waals surface area contributed by atoms with Gasteiger partial charge in [0.25, 0.3) is 0 Å². The first-order chi connectivity index (χ1) is 8.09. The van der Waals surface area contributed by atoms with E-state index in [9.17, 15) is 9.59 Å². The zero-order chi connectivity index (χ0) is 12.4. The van der Waals surface area contributed by atoms with Gasteiger partial charge in [0, 0.05) is 25.6 Å². The summed E-state index contributed by atoms with van der Waals surface area (Å²) in [5.41, 5.74) is 0. The summed E-state index contributed by atoms with van der Waals surface area (Å²) in [7, 11) is 0. The summed E-state index contributed by atoms with van der Waals surface area (Å²) in [5, 5.41) is 2.79. The summed E-state index contributed by atoms with van der Waals surface area (Å²) in [6, 6.07) is 0.342. The number of carbonyl (C=O) groups excluding carboxylic acids is 2. The van der Waals surface area contributed by atoms with E-state index >= 15 is 0 Å². The van der Waals surface area contributed by atoms with E-state index in [1.807, 2.05) is 4.90 Å². The Bertz CT molecular complexity index is 307. The number of rotatable bonds is 1. The molecule has 0 spiro atoms. The molecule has 3 unspecified atom stereocenters. The maximum Gasteiger partial charge on any atom is 0.227 e. The van der Waals surface area contributed by atoms with E-state index in [4.69, 9.17) is 0 Å². The normalized spacial score (nSPS) is 34.4. The van der Waals surface area contributed by atoms with Gasteiger partial charge in [-0.3, -0.25) is 9.59 Å². The molecule has 2 aliphatic rings. The van der Waals surface area contributed by atoms with E-state index < -0.39 is 0 Å². The highest BCUT2D eigenvalue weighted by Crippen LogP contribution is 2.25. The standard InChI is InChI=1S/C13H22N2O2/c1-9-4-3-7-15(10(9)2)13(17)11-5-6-12(16)14-8-11/h9-11H,3-8H2,1-2H3,(H,14,16). The van der Waals surface area contributed by atoms with Crippen molar-refractivity contribution in [3.8, 4) is 0 Å². The van der Waals surface area contributed by atoms with Crippen LogP contribution in [0.3, 0.4) is 0 Å². The molecular formula is C13H22N2O2. The van der Waals surface area contributed by atoms with Crippen LogP contribution in [0.15, 0.2) is 0 Å². The Morgan fingerprint density at radius 3 is 2.76 bits per heavy atom. The maximum atomic E-state index is 12.4. The lowest BCUT2D eigenvalue weighted by molar-refractivity contribution is -0.141. The Kier molecular flexibility index (Phi) is 3.69. The van der Waals surface area contributed by atoms with E-state index in [1.165, 1.54) is 6.42 Å². The molecule has 0 aromatic rings. The second-order valence-corrected chi connectivity index (χ2v) is 5.43. The molecule has 2 aliphatic heterocycles. The van der Waals surface area contributed by atoms with E-state index in [1.54, 1.807) is 0 Å². The molecular weight excluding hydrogens is 216 g/mol. The van der Waals surface area contributed by atoms with Gasteiger partial charge >= 0.3 is 0 Å². The molecule has 2 amide bonds. The van der Waals surface area contributed by atoms with E-state index in [-0.39, 0.29) is 17.7 Å². The third-order valence-corrected chi connectivity index (χ3v) is 4.27. The van der Waals surface area contributed by atoms with Crippen molar-refractivity contribution in [1.82, 2.24) is 10.2 Å². The fraction of sp³-hybridized carbons (Fsp3) is 0.846. The van der Waals surface area contributed by atoms with Gasteiger partial charge < -0.3 is 10.2 Å². The minimum Gasteiger partial charge on any atom is -0.355 e. The van der Waals surface area contributed by atoms with Crippen LogP contribution < -0.4 is 5.32 Å². The van der Waals surface area contributed by atoms with Gasteiger partial charge in [-0.15, -0.1) is 0 Å². The van der Waals surface area contributed by atoms with Crippen molar-refractivity contribution < 1.29 is 9.59 Å². The van der Waals surface area contributed by atoms with Crippen molar-refractivity contribution in [2.45, 2.75) is 45.6 Å². The first-order valence-electron chi connectivity index (χ1n) is 6.66. The van der Waals surface area contributed by atoms with E-state index in [0.717, 1.165) is 13.0 Å². The van der Waals surface area contributed by atoms with Gasteiger partial charge in [-0.2, -0.15) is 0 Å². The van der Waals surface area contributed by atoms with Crippen LogP contribution in [0.2, 0.25) is 0 Å². The van der Waals surface area contributed by atoms with Crippen LogP contribution in [0.5, 0.6) is 0 Å². The van der Waals surface area contributed by atoms with Gasteiger partial charge in [0.2, 0.25) is 11.8 Å². The average Bonchev–Trinajstić information content (AvgIpc) is 2.33. The van der Waals surface area contributed by atoms with Crippen molar-refractivity contribution >= 4 is 11.8 Å². The van der Waals surface area contributed by atoms with Gasteiger partial charge in [-0.1, -0.05) is 6.92 Å². The van der Waals surface area contributed by atoms with Crippen LogP contribution in [0.1, 0.15) is 39.5 Å². The molecule has 4 nitrogen and oxygen atoms in total. The second-order valence-electron chi connectivity index (χ2n) is 5.43. The Morgan fingerprint density at radius 1 is 1.35 bits per heavy atom. The molecule has 1 N–H and O–H groups in total. The predicted octanol–water partition coefficient (Wildman–Crippen LogP) is 1.16. The highest BCUT2D eigenvalue weighted by atomic mass is 16.2. The van der Waals surface area contributed by atoms with Crippen LogP contribution in [0.4, 0.5) is 0 Å². The summed E-state index contributed by atoms with van der Waals surface area (Å²) in [5.74, 6) is 0.907. The van der Waals surface area contributed by atoms with Crippen LogP contribution in [0.25, 0.3) is 0 Å². The number of nitrogens with zero attached hydrogens (tertiary/aromatic N) is 1. The van der Waals surface area contributed by atoms with Crippen molar-refractivity contribution in [2.75, 3.05) is 13.1 Å². The fourth-order valence-electron chi connectivity index (χ4n) is 2.82. The molecule has 2 saturated heterocycles. The van der Waals surface area contributed by atoms with Gasteiger partial charge in [0.15, 0.2) is 0 Å². The molecule has 2 rings (SSSR count). The van der Waals surface area contributed by atoms with Crippen molar-refractivity contribution in [3.05, 3.63) is 0 Å². The van der Waals surface area contributed by atoms with Gasteiger partial charge in [0.1, 0.15) is 0 Å². The lowest BCUT2D eigenvalue weighted by atomic mass is 9.89. The number of hydrogen-bond donors (Lipinski definition) is 1. The maximum absolute atomic E-state index is 12.4. The van der Waals surface area contributed by atoms with Crippen LogP contribution in [0, 0.1) is 11.8 Å². The molecule has 96 valence electrons. The summed E-state index contributed by atoms with van der Waals surface area (Å²) >= 11 is 0. The van der Waals surface area contributed by atoms with Crippen molar-refractivity contribution in [1.29, 1.82) is 0 Å². The molecule has 0 bridgehead atoms. The zero-order valence-electron chi connectivity index (χ0n) is 10.7. The minimum atomic E-state index is 0.000417. The third-order valence-electron chi connectivity index (χ3n) is 4.27. The number of hydrogen-bond acceptors (Lipinski definition) is 2. The molecule has 0 saturated carbocycles. The molecule has 17 heavy (non-hydrogen) atoms. The van der Waals surface area contributed by atoms with Crippen LogP contribution >= 0.6 is 0 Å². The summed E-state index contributed by atoms with van der Waals surface area (Å²) in [6.07, 6.45) is 3.53. The summed E-state index contributed by atoms with van der Waals surface area (Å²) in [4.78, 5) is 25.5. The predicted molar refractivity (Wildman–Crippen MR) is 65.3 cm³/mol. The summed E-state index contributed by atoms with van der Waals surface area (Å²) < 4.78 is 0. The third kappa shape index (κ3) is 2.61. The Balaban J connectivity index is 1.96. The van der Waals surface area contributed by atoms with Crippen LogP contribution in [-0.2, 0) is 9.59 Å². The van der Waals surface area contributed by atoms with E-state index in [0.29, 0.717) is 31.3 Å². The smallest absolute Gasteiger partial charge is 0.227 e. The first-order valence-corrected chi connectivity index (χ1v) is 6.66. The van der Waals surface area contributed by atoms with Crippen molar-refractivity contribution in [2.24, 2.45) is 11.8 Å². The number of amides is 2. The first kappa shape index (κ1) is 12.4.